The molecule has 0 radical (unpaired) electrons. The predicted octanol–water partition coefficient (Wildman–Crippen LogP) is 4.70. The molecule has 0 aliphatic carbocycles. The normalized spacial score (nSPS) is 10.9. The van der Waals surface area contributed by atoms with Crippen molar-refractivity contribution in [1.82, 2.24) is 20.3 Å². The number of H-pyrrole nitrogens is 1. The Bertz CT molecular complexity index is 929. The molecule has 0 fully saturated rings. The quantitative estimate of drug-likeness (QED) is 0.555. The highest BCUT2D eigenvalue weighted by Gasteiger charge is 2.14. The standard InChI is InChI=1S/C17H10BrFN4O/c18-12-5-1-3-10(7-12)14-9-15(22-21-14)17-20-16(23-24-17)11-4-2-6-13(19)8-11/h1-9H,(H,21,22). The Morgan fingerprint density at radius 2 is 1.83 bits per heavy atom. The van der Waals surface area contributed by atoms with Gasteiger partial charge in [0.15, 0.2) is 0 Å². The number of hydrogen-bond donors (Lipinski definition) is 1. The molecular weight excluding hydrogens is 375 g/mol. The Morgan fingerprint density at radius 3 is 2.67 bits per heavy atom. The SMILES string of the molecule is Fc1cccc(-c2noc(-c3cc(-c4cccc(Br)c4)n[nH]3)n2)c1. The van der Waals surface area contributed by atoms with E-state index in [1.807, 2.05) is 30.3 Å². The maximum Gasteiger partial charge on any atom is 0.276 e. The molecule has 0 atom stereocenters. The van der Waals surface area contributed by atoms with Crippen molar-refractivity contribution in [1.29, 1.82) is 0 Å². The van der Waals surface area contributed by atoms with Crippen LogP contribution < -0.4 is 0 Å². The summed E-state index contributed by atoms with van der Waals surface area (Å²) in [5, 5.41) is 11.0. The minimum Gasteiger partial charge on any atom is -0.332 e. The second-order valence-corrected chi connectivity index (χ2v) is 6.03. The number of aromatic amines is 1. The summed E-state index contributed by atoms with van der Waals surface area (Å²) in [5.74, 6) is 0.267. The molecule has 0 bridgehead atoms. The number of halogens is 2. The van der Waals surface area contributed by atoms with Crippen molar-refractivity contribution in [3.05, 3.63) is 64.9 Å². The van der Waals surface area contributed by atoms with E-state index in [0.717, 1.165) is 15.7 Å². The lowest BCUT2D eigenvalue weighted by atomic mass is 10.1. The van der Waals surface area contributed by atoms with Gasteiger partial charge in [0.25, 0.3) is 5.89 Å². The van der Waals surface area contributed by atoms with Gasteiger partial charge in [-0.3, -0.25) is 5.10 Å². The topological polar surface area (TPSA) is 67.6 Å². The van der Waals surface area contributed by atoms with Crippen LogP contribution in [0.5, 0.6) is 0 Å². The molecule has 4 rings (SSSR count). The van der Waals surface area contributed by atoms with E-state index in [9.17, 15) is 4.39 Å². The zero-order valence-electron chi connectivity index (χ0n) is 12.2. The molecule has 0 unspecified atom stereocenters. The molecule has 24 heavy (non-hydrogen) atoms. The summed E-state index contributed by atoms with van der Waals surface area (Å²) < 4.78 is 19.5. The number of nitrogens with zero attached hydrogens (tertiary/aromatic N) is 3. The van der Waals surface area contributed by atoms with Crippen LogP contribution in [0.4, 0.5) is 4.39 Å². The van der Waals surface area contributed by atoms with E-state index < -0.39 is 0 Å². The summed E-state index contributed by atoms with van der Waals surface area (Å²) in [6.07, 6.45) is 0. The monoisotopic (exact) mass is 384 g/mol. The van der Waals surface area contributed by atoms with E-state index in [1.54, 1.807) is 12.1 Å². The van der Waals surface area contributed by atoms with Crippen LogP contribution in [0.2, 0.25) is 0 Å². The summed E-state index contributed by atoms with van der Waals surface area (Å²) in [4.78, 5) is 4.29. The molecule has 0 aliphatic rings. The van der Waals surface area contributed by atoms with Crippen molar-refractivity contribution in [3.63, 3.8) is 0 Å². The van der Waals surface area contributed by atoms with E-state index in [-0.39, 0.29) is 5.82 Å². The molecule has 4 aromatic rings. The molecule has 0 saturated heterocycles. The molecule has 118 valence electrons. The summed E-state index contributed by atoms with van der Waals surface area (Å²) in [5.41, 5.74) is 2.87. The molecule has 2 aromatic heterocycles. The Morgan fingerprint density at radius 1 is 1.00 bits per heavy atom. The molecule has 2 aromatic carbocycles. The molecule has 7 heteroatoms. The van der Waals surface area contributed by atoms with Gasteiger partial charge < -0.3 is 4.52 Å². The highest BCUT2D eigenvalue weighted by Crippen LogP contribution is 2.26. The van der Waals surface area contributed by atoms with Crippen LogP contribution in [0.1, 0.15) is 0 Å². The van der Waals surface area contributed by atoms with Gasteiger partial charge in [-0.05, 0) is 30.3 Å². The van der Waals surface area contributed by atoms with Crippen LogP contribution in [-0.4, -0.2) is 20.3 Å². The number of aromatic nitrogens is 4. The zero-order valence-corrected chi connectivity index (χ0v) is 13.8. The fourth-order valence-corrected chi connectivity index (χ4v) is 2.70. The van der Waals surface area contributed by atoms with Gasteiger partial charge in [-0.1, -0.05) is 45.4 Å². The molecule has 2 heterocycles. The van der Waals surface area contributed by atoms with Gasteiger partial charge in [-0.2, -0.15) is 10.1 Å². The van der Waals surface area contributed by atoms with Crippen LogP contribution in [0.3, 0.4) is 0 Å². The van der Waals surface area contributed by atoms with E-state index in [4.69, 9.17) is 4.52 Å². The average molecular weight is 385 g/mol. The first-order valence-corrected chi connectivity index (χ1v) is 7.90. The summed E-state index contributed by atoms with van der Waals surface area (Å²) in [6, 6.07) is 15.7. The lowest BCUT2D eigenvalue weighted by molar-refractivity contribution is 0.431. The minimum absolute atomic E-state index is 0.294. The smallest absolute Gasteiger partial charge is 0.276 e. The number of hydrogen-bond acceptors (Lipinski definition) is 4. The van der Waals surface area contributed by atoms with Crippen LogP contribution in [0.25, 0.3) is 34.2 Å². The lowest BCUT2D eigenvalue weighted by Crippen LogP contribution is -1.82. The molecule has 0 amide bonds. The first-order valence-electron chi connectivity index (χ1n) is 7.10. The Labute approximate surface area is 144 Å². The van der Waals surface area contributed by atoms with Crippen LogP contribution >= 0.6 is 15.9 Å². The third kappa shape index (κ3) is 2.85. The van der Waals surface area contributed by atoms with Crippen molar-refractivity contribution in [2.45, 2.75) is 0 Å². The van der Waals surface area contributed by atoms with Crippen molar-refractivity contribution < 1.29 is 8.91 Å². The van der Waals surface area contributed by atoms with Crippen LogP contribution in [0.15, 0.2) is 63.6 Å². The predicted molar refractivity (Wildman–Crippen MR) is 90.4 cm³/mol. The Hall–Kier alpha value is -2.80. The van der Waals surface area contributed by atoms with E-state index in [0.29, 0.717) is 23.0 Å². The fraction of sp³-hybridized carbons (Fsp3) is 0. The Kier molecular flexibility index (Phi) is 3.70. The first-order chi connectivity index (χ1) is 11.7. The summed E-state index contributed by atoms with van der Waals surface area (Å²) in [6.45, 7) is 0. The highest BCUT2D eigenvalue weighted by molar-refractivity contribution is 9.10. The molecule has 0 spiro atoms. The van der Waals surface area contributed by atoms with Crippen molar-refractivity contribution in [3.8, 4) is 34.2 Å². The minimum atomic E-state index is -0.350. The van der Waals surface area contributed by atoms with Gasteiger partial charge >= 0.3 is 0 Å². The van der Waals surface area contributed by atoms with Gasteiger partial charge in [0.2, 0.25) is 5.82 Å². The lowest BCUT2D eigenvalue weighted by Gasteiger charge is -1.95. The highest BCUT2D eigenvalue weighted by atomic mass is 79.9. The van der Waals surface area contributed by atoms with E-state index >= 15 is 0 Å². The van der Waals surface area contributed by atoms with Gasteiger partial charge in [0.05, 0.1) is 5.69 Å². The fourth-order valence-electron chi connectivity index (χ4n) is 2.30. The molecule has 0 saturated carbocycles. The Balaban J connectivity index is 1.66. The second kappa shape index (κ2) is 6.01. The van der Waals surface area contributed by atoms with Gasteiger partial charge in [-0.25, -0.2) is 4.39 Å². The van der Waals surface area contributed by atoms with Gasteiger partial charge in [0, 0.05) is 15.6 Å². The number of rotatable bonds is 3. The third-order valence-electron chi connectivity index (χ3n) is 3.44. The van der Waals surface area contributed by atoms with Crippen LogP contribution in [0, 0.1) is 5.82 Å². The molecule has 0 aliphatic heterocycles. The molecule has 1 N–H and O–H groups in total. The van der Waals surface area contributed by atoms with Crippen molar-refractivity contribution in [2.75, 3.05) is 0 Å². The zero-order chi connectivity index (χ0) is 16.5. The van der Waals surface area contributed by atoms with Crippen molar-refractivity contribution in [2.24, 2.45) is 0 Å². The molecular formula is C17H10BrFN4O. The first kappa shape index (κ1) is 14.8. The maximum atomic E-state index is 13.3. The van der Waals surface area contributed by atoms with Crippen molar-refractivity contribution >= 4 is 15.9 Å². The maximum absolute atomic E-state index is 13.3. The van der Waals surface area contributed by atoms with Gasteiger partial charge in [0.1, 0.15) is 11.5 Å². The van der Waals surface area contributed by atoms with Crippen LogP contribution in [-0.2, 0) is 0 Å². The number of benzene rings is 2. The number of nitrogens with one attached hydrogen (secondary N) is 1. The van der Waals surface area contributed by atoms with Gasteiger partial charge in [-0.15, -0.1) is 0 Å². The largest absolute Gasteiger partial charge is 0.332 e. The summed E-state index contributed by atoms with van der Waals surface area (Å²) >= 11 is 3.44. The molecule has 5 nitrogen and oxygen atoms in total. The second-order valence-electron chi connectivity index (χ2n) is 5.11. The summed E-state index contributed by atoms with van der Waals surface area (Å²) in [7, 11) is 0. The van der Waals surface area contributed by atoms with E-state index in [2.05, 4.69) is 36.3 Å². The third-order valence-corrected chi connectivity index (χ3v) is 3.93. The van der Waals surface area contributed by atoms with E-state index in [1.165, 1.54) is 12.1 Å². The average Bonchev–Trinajstić information content (AvgIpc) is 3.24.